The highest BCUT2D eigenvalue weighted by Gasteiger charge is 2.17. The van der Waals surface area contributed by atoms with E-state index < -0.39 is 15.8 Å². The van der Waals surface area contributed by atoms with Gasteiger partial charge in [0.05, 0.1) is 10.6 Å². The lowest BCUT2D eigenvalue weighted by molar-refractivity contribution is 0.600. The Balaban J connectivity index is 2.37. The van der Waals surface area contributed by atoms with E-state index in [1.165, 1.54) is 18.2 Å². The predicted molar refractivity (Wildman–Crippen MR) is 81.2 cm³/mol. The first-order chi connectivity index (χ1) is 9.92. The number of sulfonamides is 1. The molecule has 112 valence electrons. The Hall–Kier alpha value is -1.92. The fraction of sp³-hybridized carbons (Fsp3) is 0.200. The quantitative estimate of drug-likeness (QED) is 0.893. The van der Waals surface area contributed by atoms with Gasteiger partial charge in [0.2, 0.25) is 0 Å². The van der Waals surface area contributed by atoms with Crippen LogP contribution in [0.2, 0.25) is 0 Å². The minimum Gasteiger partial charge on any atom is -0.316 e. The molecule has 0 fully saturated rings. The summed E-state index contributed by atoms with van der Waals surface area (Å²) >= 11 is 0. The molecule has 21 heavy (non-hydrogen) atoms. The molecule has 0 saturated heterocycles. The molecule has 2 aromatic carbocycles. The fourth-order valence-electron chi connectivity index (χ4n) is 2.01. The molecule has 0 unspecified atom stereocenters. The summed E-state index contributed by atoms with van der Waals surface area (Å²) in [6, 6.07) is 10.6. The van der Waals surface area contributed by atoms with E-state index in [9.17, 15) is 12.8 Å². The standard InChI is InChI=1S/C15H17FN2O2S/c1-11-6-7-12(10-17-2)8-15(11)21(19,20)18-14-5-3-4-13(16)9-14/h3-9,17-18H,10H2,1-2H3. The number of rotatable bonds is 5. The summed E-state index contributed by atoms with van der Waals surface area (Å²) < 4.78 is 40.4. The monoisotopic (exact) mass is 308 g/mol. The largest absolute Gasteiger partial charge is 0.316 e. The number of hydrogen-bond donors (Lipinski definition) is 2. The number of anilines is 1. The van der Waals surface area contributed by atoms with E-state index in [1.54, 1.807) is 26.1 Å². The zero-order valence-electron chi connectivity index (χ0n) is 11.9. The third kappa shape index (κ3) is 3.80. The van der Waals surface area contributed by atoms with Crippen molar-refractivity contribution in [3.8, 4) is 0 Å². The van der Waals surface area contributed by atoms with Crippen molar-refractivity contribution in [3.63, 3.8) is 0 Å². The molecule has 4 nitrogen and oxygen atoms in total. The van der Waals surface area contributed by atoms with Crippen LogP contribution in [0, 0.1) is 12.7 Å². The first kappa shape index (κ1) is 15.5. The van der Waals surface area contributed by atoms with Crippen LogP contribution in [-0.4, -0.2) is 15.5 Å². The average molecular weight is 308 g/mol. The molecule has 2 rings (SSSR count). The van der Waals surface area contributed by atoms with Gasteiger partial charge in [0.1, 0.15) is 5.82 Å². The van der Waals surface area contributed by atoms with Crippen molar-refractivity contribution in [2.45, 2.75) is 18.4 Å². The fourth-order valence-corrected chi connectivity index (χ4v) is 3.36. The second-order valence-electron chi connectivity index (χ2n) is 4.75. The van der Waals surface area contributed by atoms with Crippen molar-refractivity contribution < 1.29 is 12.8 Å². The van der Waals surface area contributed by atoms with Crippen LogP contribution < -0.4 is 10.0 Å². The maximum absolute atomic E-state index is 13.1. The summed E-state index contributed by atoms with van der Waals surface area (Å²) in [7, 11) is -1.96. The zero-order chi connectivity index (χ0) is 15.5. The van der Waals surface area contributed by atoms with E-state index in [2.05, 4.69) is 10.0 Å². The van der Waals surface area contributed by atoms with Crippen LogP contribution in [0.3, 0.4) is 0 Å². The highest BCUT2D eigenvalue weighted by Crippen LogP contribution is 2.21. The zero-order valence-corrected chi connectivity index (χ0v) is 12.7. The third-order valence-electron chi connectivity index (χ3n) is 3.00. The van der Waals surface area contributed by atoms with Crippen molar-refractivity contribution in [2.75, 3.05) is 11.8 Å². The molecule has 0 bridgehead atoms. The van der Waals surface area contributed by atoms with Gasteiger partial charge in [-0.2, -0.15) is 0 Å². The number of halogens is 1. The van der Waals surface area contributed by atoms with Crippen LogP contribution in [0.5, 0.6) is 0 Å². The van der Waals surface area contributed by atoms with Gasteiger partial charge in [-0.05, 0) is 49.4 Å². The van der Waals surface area contributed by atoms with Gasteiger partial charge in [-0.25, -0.2) is 12.8 Å². The Bertz CT molecular complexity index is 745. The number of hydrogen-bond acceptors (Lipinski definition) is 3. The first-order valence-electron chi connectivity index (χ1n) is 6.45. The molecule has 2 N–H and O–H groups in total. The van der Waals surface area contributed by atoms with Crippen LogP contribution in [0.15, 0.2) is 47.4 Å². The number of benzene rings is 2. The minimum absolute atomic E-state index is 0.194. The van der Waals surface area contributed by atoms with Gasteiger partial charge in [0.25, 0.3) is 10.0 Å². The highest BCUT2D eigenvalue weighted by atomic mass is 32.2. The van der Waals surface area contributed by atoms with E-state index in [4.69, 9.17) is 0 Å². The van der Waals surface area contributed by atoms with Gasteiger partial charge in [-0.1, -0.05) is 18.2 Å². The van der Waals surface area contributed by atoms with Gasteiger partial charge in [-0.3, -0.25) is 4.72 Å². The SMILES string of the molecule is CNCc1ccc(C)c(S(=O)(=O)Nc2cccc(F)c2)c1. The van der Waals surface area contributed by atoms with Crippen LogP contribution in [-0.2, 0) is 16.6 Å². The lowest BCUT2D eigenvalue weighted by Gasteiger charge is -2.12. The van der Waals surface area contributed by atoms with Gasteiger partial charge in [0.15, 0.2) is 0 Å². The van der Waals surface area contributed by atoms with Crippen molar-refractivity contribution in [2.24, 2.45) is 0 Å². The van der Waals surface area contributed by atoms with Crippen LogP contribution in [0.25, 0.3) is 0 Å². The second-order valence-corrected chi connectivity index (χ2v) is 6.40. The highest BCUT2D eigenvalue weighted by molar-refractivity contribution is 7.92. The Morgan fingerprint density at radius 3 is 2.57 bits per heavy atom. The van der Waals surface area contributed by atoms with Crippen molar-refractivity contribution >= 4 is 15.7 Å². The Labute approximate surface area is 124 Å². The molecule has 0 heterocycles. The molecule has 0 saturated carbocycles. The molecular formula is C15H17FN2O2S. The lowest BCUT2D eigenvalue weighted by atomic mass is 10.1. The molecule has 2 aromatic rings. The Kier molecular flexibility index (Phi) is 4.59. The summed E-state index contributed by atoms with van der Waals surface area (Å²) in [5.74, 6) is -0.490. The summed E-state index contributed by atoms with van der Waals surface area (Å²) in [4.78, 5) is 0.194. The van der Waals surface area contributed by atoms with Crippen LogP contribution >= 0.6 is 0 Å². The van der Waals surface area contributed by atoms with E-state index in [0.717, 1.165) is 11.6 Å². The molecule has 0 radical (unpaired) electrons. The topological polar surface area (TPSA) is 58.2 Å². The first-order valence-corrected chi connectivity index (χ1v) is 7.93. The summed E-state index contributed by atoms with van der Waals surface area (Å²) in [5.41, 5.74) is 1.70. The Morgan fingerprint density at radius 1 is 1.14 bits per heavy atom. The van der Waals surface area contributed by atoms with Crippen molar-refractivity contribution in [1.29, 1.82) is 0 Å². The van der Waals surface area contributed by atoms with Crippen LogP contribution in [0.1, 0.15) is 11.1 Å². The molecule has 0 aliphatic heterocycles. The normalized spacial score (nSPS) is 11.4. The van der Waals surface area contributed by atoms with Gasteiger partial charge < -0.3 is 5.32 Å². The maximum atomic E-state index is 13.1. The number of aryl methyl sites for hydroxylation is 1. The second kappa shape index (κ2) is 6.24. The molecule has 0 aromatic heterocycles. The van der Waals surface area contributed by atoms with Crippen LogP contribution in [0.4, 0.5) is 10.1 Å². The van der Waals surface area contributed by atoms with E-state index in [1.807, 2.05) is 6.07 Å². The maximum Gasteiger partial charge on any atom is 0.262 e. The molecule has 0 aliphatic rings. The molecule has 0 amide bonds. The van der Waals surface area contributed by atoms with Gasteiger partial charge >= 0.3 is 0 Å². The van der Waals surface area contributed by atoms with E-state index >= 15 is 0 Å². The number of nitrogens with one attached hydrogen (secondary N) is 2. The van der Waals surface area contributed by atoms with E-state index in [-0.39, 0.29) is 10.6 Å². The summed E-state index contributed by atoms with van der Waals surface area (Å²) in [6.07, 6.45) is 0. The van der Waals surface area contributed by atoms with E-state index in [0.29, 0.717) is 12.1 Å². The van der Waals surface area contributed by atoms with Crippen molar-refractivity contribution in [3.05, 3.63) is 59.4 Å². The Morgan fingerprint density at radius 2 is 1.90 bits per heavy atom. The molecular weight excluding hydrogens is 291 g/mol. The minimum atomic E-state index is -3.75. The molecule has 0 atom stereocenters. The molecule has 0 aliphatic carbocycles. The van der Waals surface area contributed by atoms with Gasteiger partial charge in [-0.15, -0.1) is 0 Å². The van der Waals surface area contributed by atoms with Crippen molar-refractivity contribution in [1.82, 2.24) is 5.32 Å². The summed E-state index contributed by atoms with van der Waals surface area (Å²) in [5, 5.41) is 2.97. The third-order valence-corrected chi connectivity index (χ3v) is 4.52. The van der Waals surface area contributed by atoms with Gasteiger partial charge in [0, 0.05) is 6.54 Å². The summed E-state index contributed by atoms with van der Waals surface area (Å²) in [6.45, 7) is 2.30. The lowest BCUT2D eigenvalue weighted by Crippen LogP contribution is -2.15. The average Bonchev–Trinajstić information content (AvgIpc) is 2.40. The smallest absolute Gasteiger partial charge is 0.262 e. The molecule has 0 spiro atoms. The molecule has 6 heteroatoms. The predicted octanol–water partition coefficient (Wildman–Crippen LogP) is 2.65.